The van der Waals surface area contributed by atoms with Gasteiger partial charge < -0.3 is 5.11 Å². The fourth-order valence-electron chi connectivity index (χ4n) is 0.316. The second-order valence-electron chi connectivity index (χ2n) is 2.82. The summed E-state index contributed by atoms with van der Waals surface area (Å²) in [5.74, 6) is -1.42. The van der Waals surface area contributed by atoms with E-state index in [0.29, 0.717) is 18.6 Å². The summed E-state index contributed by atoms with van der Waals surface area (Å²) in [6.07, 6.45) is 0.589. The third-order valence-electron chi connectivity index (χ3n) is 1.33. The Labute approximate surface area is 95.3 Å². The normalized spacial score (nSPS) is 8.44. The van der Waals surface area contributed by atoms with Gasteiger partial charge in [0.05, 0.1) is 6.61 Å². The van der Waals surface area contributed by atoms with Gasteiger partial charge in [0, 0.05) is 11.1 Å². The van der Waals surface area contributed by atoms with E-state index in [1.165, 1.54) is 6.92 Å². The molecule has 92 valence electrons. The van der Waals surface area contributed by atoms with Gasteiger partial charge >= 0.3 is 11.9 Å². The Hall–Kier alpha value is -1.62. The third kappa shape index (κ3) is 10.5. The first-order valence-electron chi connectivity index (χ1n) is 4.77. The van der Waals surface area contributed by atoms with Crippen molar-refractivity contribution in [3.63, 3.8) is 0 Å². The van der Waals surface area contributed by atoms with Crippen molar-refractivity contribution in [3.05, 3.63) is 24.3 Å². The van der Waals surface area contributed by atoms with E-state index in [-0.39, 0.29) is 5.57 Å². The maximum atomic E-state index is 10.7. The first kappa shape index (κ1) is 16.8. The first-order chi connectivity index (χ1) is 7.36. The molecule has 5 nitrogen and oxygen atoms in total. The summed E-state index contributed by atoms with van der Waals surface area (Å²) < 4.78 is 0. The zero-order valence-electron chi connectivity index (χ0n) is 9.91. The summed E-state index contributed by atoms with van der Waals surface area (Å²) in [6, 6.07) is 0. The lowest BCUT2D eigenvalue weighted by Crippen LogP contribution is -2.06. The average molecular weight is 230 g/mol. The van der Waals surface area contributed by atoms with E-state index in [1.54, 1.807) is 6.92 Å². The van der Waals surface area contributed by atoms with Crippen LogP contribution in [0.5, 0.6) is 0 Å². The van der Waals surface area contributed by atoms with Gasteiger partial charge in [-0.2, -0.15) is 4.89 Å². The lowest BCUT2D eigenvalue weighted by Gasteiger charge is -2.00. The minimum atomic E-state index is -0.935. The van der Waals surface area contributed by atoms with Gasteiger partial charge in [-0.1, -0.05) is 20.1 Å². The summed E-state index contributed by atoms with van der Waals surface area (Å²) in [4.78, 5) is 29.0. The molecule has 0 atom stereocenters. The maximum Gasteiger partial charge on any atom is 0.368 e. The van der Waals surface area contributed by atoms with Crippen LogP contribution in [0.2, 0.25) is 0 Å². The molecule has 0 aliphatic carbocycles. The van der Waals surface area contributed by atoms with Crippen LogP contribution in [-0.2, 0) is 19.4 Å². The molecule has 0 radical (unpaired) electrons. The highest BCUT2D eigenvalue weighted by atomic mass is 17.2. The van der Waals surface area contributed by atoms with E-state index >= 15 is 0 Å². The summed E-state index contributed by atoms with van der Waals surface area (Å²) >= 11 is 0. The average Bonchev–Trinajstić information content (AvgIpc) is 2.25. The van der Waals surface area contributed by atoms with Crippen molar-refractivity contribution in [2.75, 3.05) is 6.61 Å². The smallest absolute Gasteiger partial charge is 0.368 e. The van der Waals surface area contributed by atoms with Crippen molar-refractivity contribution in [3.8, 4) is 0 Å². The summed E-state index contributed by atoms with van der Waals surface area (Å²) in [6.45, 7) is 12.0. The van der Waals surface area contributed by atoms with E-state index in [2.05, 4.69) is 22.9 Å². The molecule has 0 rings (SSSR count). The Bertz CT molecular complexity index is 256. The van der Waals surface area contributed by atoms with Crippen LogP contribution < -0.4 is 0 Å². The van der Waals surface area contributed by atoms with Crippen LogP contribution in [0.3, 0.4) is 0 Å². The molecule has 0 aromatic heterocycles. The van der Waals surface area contributed by atoms with Crippen LogP contribution in [-0.4, -0.2) is 23.7 Å². The van der Waals surface area contributed by atoms with E-state index in [4.69, 9.17) is 5.11 Å². The van der Waals surface area contributed by atoms with Crippen LogP contribution in [0.4, 0.5) is 0 Å². The Kier molecular flexibility index (Phi) is 10.4. The molecule has 0 spiro atoms. The third-order valence-corrected chi connectivity index (χ3v) is 1.33. The molecular weight excluding hydrogens is 212 g/mol. The van der Waals surface area contributed by atoms with E-state index in [9.17, 15) is 9.59 Å². The van der Waals surface area contributed by atoms with Gasteiger partial charge in [-0.15, -0.1) is 0 Å². The Morgan fingerprint density at radius 1 is 1.25 bits per heavy atom. The summed E-state index contributed by atoms with van der Waals surface area (Å²) in [5, 5.41) is 7.89. The highest BCUT2D eigenvalue weighted by Crippen LogP contribution is 1.99. The molecule has 0 saturated heterocycles. The number of hydrogen-bond acceptors (Lipinski definition) is 4. The molecule has 0 saturated carbocycles. The number of rotatable bonds is 5. The SMILES string of the molecule is C=C(C)C(=O)O.C=C(CC)C(=O)OOCC. The highest BCUT2D eigenvalue weighted by Gasteiger charge is 2.05. The van der Waals surface area contributed by atoms with Crippen LogP contribution in [0.15, 0.2) is 24.3 Å². The quantitative estimate of drug-likeness (QED) is 0.445. The second-order valence-corrected chi connectivity index (χ2v) is 2.82. The van der Waals surface area contributed by atoms with Gasteiger partial charge in [0.25, 0.3) is 0 Å². The molecule has 0 heterocycles. The van der Waals surface area contributed by atoms with Gasteiger partial charge in [0.15, 0.2) is 0 Å². The predicted molar refractivity (Wildman–Crippen MR) is 59.6 cm³/mol. The molecule has 0 aliphatic rings. The number of hydrogen-bond donors (Lipinski definition) is 1. The molecular formula is C11H18O5. The van der Waals surface area contributed by atoms with E-state index in [0.717, 1.165) is 0 Å². The molecule has 0 unspecified atom stereocenters. The first-order valence-corrected chi connectivity index (χ1v) is 4.77. The van der Waals surface area contributed by atoms with Crippen LogP contribution in [0.1, 0.15) is 27.2 Å². The number of carbonyl (C=O) groups is 2. The molecule has 0 aliphatic heterocycles. The largest absolute Gasteiger partial charge is 0.478 e. The van der Waals surface area contributed by atoms with Crippen molar-refractivity contribution in [1.29, 1.82) is 0 Å². The molecule has 0 bridgehead atoms. The standard InChI is InChI=1S/C7H12O3.C4H6O2/c1-4-6(3)7(8)10-9-5-2;1-3(2)4(5)6/h3-5H2,1-2H3;1H2,2H3,(H,5,6). The number of carbonyl (C=O) groups excluding carboxylic acids is 1. The van der Waals surface area contributed by atoms with Crippen molar-refractivity contribution in [1.82, 2.24) is 0 Å². The zero-order chi connectivity index (χ0) is 13.1. The van der Waals surface area contributed by atoms with Gasteiger partial charge in [0.1, 0.15) is 0 Å². The predicted octanol–water partition coefficient (Wildman–Crippen LogP) is 2.09. The van der Waals surface area contributed by atoms with Crippen molar-refractivity contribution >= 4 is 11.9 Å². The lowest BCUT2D eigenvalue weighted by molar-refractivity contribution is -0.265. The monoisotopic (exact) mass is 230 g/mol. The fraction of sp³-hybridized carbons (Fsp3) is 0.455. The van der Waals surface area contributed by atoms with Gasteiger partial charge in [-0.3, -0.25) is 4.89 Å². The van der Waals surface area contributed by atoms with Gasteiger partial charge in [-0.25, -0.2) is 9.59 Å². The van der Waals surface area contributed by atoms with Gasteiger partial charge in [-0.05, 0) is 20.3 Å². The highest BCUT2D eigenvalue weighted by molar-refractivity contribution is 5.87. The molecule has 0 fully saturated rings. The molecule has 16 heavy (non-hydrogen) atoms. The van der Waals surface area contributed by atoms with Crippen LogP contribution in [0, 0.1) is 0 Å². The zero-order valence-corrected chi connectivity index (χ0v) is 9.91. The Morgan fingerprint density at radius 3 is 1.94 bits per heavy atom. The number of aliphatic carboxylic acids is 1. The van der Waals surface area contributed by atoms with Crippen molar-refractivity contribution in [2.45, 2.75) is 27.2 Å². The number of carboxylic acids is 1. The van der Waals surface area contributed by atoms with Crippen molar-refractivity contribution in [2.24, 2.45) is 0 Å². The van der Waals surface area contributed by atoms with Crippen LogP contribution >= 0.6 is 0 Å². The Morgan fingerprint density at radius 2 is 1.69 bits per heavy atom. The second kappa shape index (κ2) is 9.92. The molecule has 5 heteroatoms. The maximum absolute atomic E-state index is 10.7. The van der Waals surface area contributed by atoms with Crippen molar-refractivity contribution < 1.29 is 24.5 Å². The van der Waals surface area contributed by atoms with Gasteiger partial charge in [0.2, 0.25) is 0 Å². The summed E-state index contributed by atoms with van der Waals surface area (Å²) in [5.41, 5.74) is 0.600. The van der Waals surface area contributed by atoms with E-state index < -0.39 is 11.9 Å². The summed E-state index contributed by atoms with van der Waals surface area (Å²) in [7, 11) is 0. The van der Waals surface area contributed by atoms with Crippen LogP contribution in [0.25, 0.3) is 0 Å². The molecule has 0 amide bonds. The minimum absolute atomic E-state index is 0.176. The number of carboxylic acid groups (broad SMARTS) is 1. The molecule has 1 N–H and O–H groups in total. The van der Waals surface area contributed by atoms with E-state index in [1.807, 2.05) is 6.92 Å². The topological polar surface area (TPSA) is 72.8 Å². The minimum Gasteiger partial charge on any atom is -0.478 e. The Balaban J connectivity index is 0. The molecule has 0 aromatic carbocycles. The molecule has 0 aromatic rings. The fourth-order valence-corrected chi connectivity index (χ4v) is 0.316. The lowest BCUT2D eigenvalue weighted by atomic mass is 10.2.